The lowest BCUT2D eigenvalue weighted by molar-refractivity contribution is -0.124. The van der Waals surface area contributed by atoms with Crippen LogP contribution in [0, 0.1) is 5.82 Å². The minimum atomic E-state index is -0.736. The van der Waals surface area contributed by atoms with Crippen LogP contribution in [0.2, 0.25) is 5.02 Å². The predicted molar refractivity (Wildman–Crippen MR) is 89.1 cm³/mol. The third-order valence-corrected chi connectivity index (χ3v) is 3.55. The van der Waals surface area contributed by atoms with Gasteiger partial charge in [0, 0.05) is 10.7 Å². The largest absolute Gasteiger partial charge is 0.452 e. The summed E-state index contributed by atoms with van der Waals surface area (Å²) in [4.78, 5) is 23.8. The molecule has 0 bridgehead atoms. The van der Waals surface area contributed by atoms with Gasteiger partial charge in [0.25, 0.3) is 5.91 Å². The van der Waals surface area contributed by atoms with Gasteiger partial charge >= 0.3 is 5.97 Å². The number of esters is 1. The standard InChI is InChI=1S/C17H16ClFN2O3/c1-10(11-2-5-13(19)6-3-11)21-16(22)9-24-17(23)14-8-12(18)4-7-15(14)20/h2-8,10H,9,20H2,1H3,(H,21,22)/t10-/m1/s1. The molecule has 0 aliphatic rings. The van der Waals surface area contributed by atoms with Crippen LogP contribution < -0.4 is 11.1 Å². The molecular formula is C17H16ClFN2O3. The first-order valence-electron chi connectivity index (χ1n) is 7.14. The van der Waals surface area contributed by atoms with Crippen LogP contribution in [0.1, 0.15) is 28.9 Å². The van der Waals surface area contributed by atoms with E-state index in [-0.39, 0.29) is 23.1 Å². The van der Waals surface area contributed by atoms with E-state index in [1.165, 1.54) is 24.3 Å². The molecule has 2 rings (SSSR count). The summed E-state index contributed by atoms with van der Waals surface area (Å²) >= 11 is 5.80. The number of nitrogens with one attached hydrogen (secondary N) is 1. The second-order valence-electron chi connectivity index (χ2n) is 5.15. The molecule has 0 saturated carbocycles. The maximum absolute atomic E-state index is 12.9. The van der Waals surface area contributed by atoms with Crippen molar-refractivity contribution in [3.8, 4) is 0 Å². The molecule has 3 N–H and O–H groups in total. The molecule has 0 aromatic heterocycles. The first-order chi connectivity index (χ1) is 11.4. The molecule has 1 amide bonds. The van der Waals surface area contributed by atoms with Gasteiger partial charge in [0.05, 0.1) is 11.6 Å². The summed E-state index contributed by atoms with van der Waals surface area (Å²) in [5.41, 5.74) is 6.72. The Bertz CT molecular complexity index is 750. The van der Waals surface area contributed by atoms with Crippen LogP contribution in [-0.4, -0.2) is 18.5 Å². The van der Waals surface area contributed by atoms with Gasteiger partial charge < -0.3 is 15.8 Å². The number of hydrogen-bond acceptors (Lipinski definition) is 4. The Morgan fingerprint density at radius 3 is 2.58 bits per heavy atom. The normalized spacial score (nSPS) is 11.6. The SMILES string of the molecule is C[C@@H](NC(=O)COC(=O)c1cc(Cl)ccc1N)c1ccc(F)cc1. The van der Waals surface area contributed by atoms with Crippen molar-refractivity contribution in [1.29, 1.82) is 0 Å². The molecule has 1 atom stereocenters. The molecule has 0 radical (unpaired) electrons. The lowest BCUT2D eigenvalue weighted by Crippen LogP contribution is -2.31. The van der Waals surface area contributed by atoms with Gasteiger partial charge in [0.1, 0.15) is 5.82 Å². The second-order valence-corrected chi connectivity index (χ2v) is 5.58. The third-order valence-electron chi connectivity index (χ3n) is 3.32. The highest BCUT2D eigenvalue weighted by Crippen LogP contribution is 2.19. The van der Waals surface area contributed by atoms with Gasteiger partial charge in [-0.2, -0.15) is 0 Å². The van der Waals surface area contributed by atoms with Crippen LogP contribution in [0.15, 0.2) is 42.5 Å². The summed E-state index contributed by atoms with van der Waals surface area (Å²) in [5, 5.41) is 2.99. The number of nitrogen functional groups attached to an aromatic ring is 1. The van der Waals surface area contributed by atoms with Crippen molar-refractivity contribution in [3.63, 3.8) is 0 Å². The van der Waals surface area contributed by atoms with Crippen molar-refractivity contribution in [2.75, 3.05) is 12.3 Å². The van der Waals surface area contributed by atoms with E-state index in [1.54, 1.807) is 25.1 Å². The highest BCUT2D eigenvalue weighted by molar-refractivity contribution is 6.31. The highest BCUT2D eigenvalue weighted by atomic mass is 35.5. The molecular weight excluding hydrogens is 335 g/mol. The van der Waals surface area contributed by atoms with Crippen LogP contribution in [-0.2, 0) is 9.53 Å². The van der Waals surface area contributed by atoms with Crippen molar-refractivity contribution in [1.82, 2.24) is 5.32 Å². The zero-order valence-electron chi connectivity index (χ0n) is 12.9. The average Bonchev–Trinajstić information content (AvgIpc) is 2.55. The minimum Gasteiger partial charge on any atom is -0.452 e. The number of benzene rings is 2. The number of hydrogen-bond donors (Lipinski definition) is 2. The van der Waals surface area contributed by atoms with E-state index in [0.29, 0.717) is 5.02 Å². The molecule has 0 fully saturated rings. The molecule has 0 unspecified atom stereocenters. The number of halogens is 2. The lowest BCUT2D eigenvalue weighted by atomic mass is 10.1. The summed E-state index contributed by atoms with van der Waals surface area (Å²) in [5.74, 6) is -1.58. The Morgan fingerprint density at radius 1 is 1.25 bits per heavy atom. The summed E-state index contributed by atoms with van der Waals surface area (Å²) in [6.45, 7) is 1.28. The van der Waals surface area contributed by atoms with Crippen LogP contribution in [0.3, 0.4) is 0 Å². The fourth-order valence-electron chi connectivity index (χ4n) is 2.03. The second kappa shape index (κ2) is 7.79. The number of carbonyl (C=O) groups is 2. The van der Waals surface area contributed by atoms with E-state index in [2.05, 4.69) is 5.32 Å². The van der Waals surface area contributed by atoms with Crippen LogP contribution in [0.4, 0.5) is 10.1 Å². The molecule has 126 valence electrons. The van der Waals surface area contributed by atoms with Gasteiger partial charge in [-0.25, -0.2) is 9.18 Å². The molecule has 7 heteroatoms. The molecule has 0 spiro atoms. The van der Waals surface area contributed by atoms with Crippen molar-refractivity contribution >= 4 is 29.2 Å². The number of rotatable bonds is 5. The zero-order valence-corrected chi connectivity index (χ0v) is 13.6. The molecule has 24 heavy (non-hydrogen) atoms. The molecule has 5 nitrogen and oxygen atoms in total. The first kappa shape index (κ1) is 17.7. The van der Waals surface area contributed by atoms with Crippen LogP contribution in [0.25, 0.3) is 0 Å². The molecule has 0 saturated heterocycles. The molecule has 0 aliphatic carbocycles. The lowest BCUT2D eigenvalue weighted by Gasteiger charge is -2.14. The van der Waals surface area contributed by atoms with E-state index in [0.717, 1.165) is 5.56 Å². The van der Waals surface area contributed by atoms with E-state index in [9.17, 15) is 14.0 Å². The van der Waals surface area contributed by atoms with E-state index in [1.807, 2.05) is 0 Å². The Morgan fingerprint density at radius 2 is 1.92 bits per heavy atom. The van der Waals surface area contributed by atoms with Crippen molar-refractivity contribution in [2.45, 2.75) is 13.0 Å². The van der Waals surface area contributed by atoms with E-state index < -0.39 is 18.5 Å². The number of nitrogens with two attached hydrogens (primary N) is 1. The topological polar surface area (TPSA) is 81.4 Å². The quantitative estimate of drug-likeness (QED) is 0.641. The monoisotopic (exact) mass is 350 g/mol. The summed E-state index contributed by atoms with van der Waals surface area (Å²) < 4.78 is 17.8. The summed E-state index contributed by atoms with van der Waals surface area (Å²) in [6, 6.07) is 9.80. The Kier molecular flexibility index (Phi) is 5.76. The average molecular weight is 351 g/mol. The zero-order chi connectivity index (χ0) is 17.7. The van der Waals surface area contributed by atoms with E-state index in [4.69, 9.17) is 22.1 Å². The van der Waals surface area contributed by atoms with Crippen molar-refractivity contribution in [3.05, 3.63) is 64.4 Å². The van der Waals surface area contributed by atoms with Gasteiger partial charge in [0.15, 0.2) is 6.61 Å². The van der Waals surface area contributed by atoms with Gasteiger partial charge in [-0.1, -0.05) is 23.7 Å². The molecule has 0 aliphatic heterocycles. The number of ether oxygens (including phenoxy) is 1. The Hall–Kier alpha value is -2.60. The number of amides is 1. The third kappa shape index (κ3) is 4.70. The molecule has 0 heterocycles. The first-order valence-corrected chi connectivity index (χ1v) is 7.51. The fraction of sp³-hybridized carbons (Fsp3) is 0.176. The number of anilines is 1. The molecule has 2 aromatic carbocycles. The van der Waals surface area contributed by atoms with Crippen LogP contribution >= 0.6 is 11.6 Å². The van der Waals surface area contributed by atoms with E-state index >= 15 is 0 Å². The Balaban J connectivity index is 1.89. The Labute approximate surface area is 143 Å². The van der Waals surface area contributed by atoms with Gasteiger partial charge in [-0.3, -0.25) is 4.79 Å². The predicted octanol–water partition coefficient (Wildman–Crippen LogP) is 3.10. The van der Waals surface area contributed by atoms with Crippen molar-refractivity contribution < 1.29 is 18.7 Å². The summed E-state index contributed by atoms with van der Waals surface area (Å²) in [6.07, 6.45) is 0. The summed E-state index contributed by atoms with van der Waals surface area (Å²) in [7, 11) is 0. The maximum Gasteiger partial charge on any atom is 0.340 e. The van der Waals surface area contributed by atoms with Crippen LogP contribution in [0.5, 0.6) is 0 Å². The fourth-order valence-corrected chi connectivity index (χ4v) is 2.20. The smallest absolute Gasteiger partial charge is 0.340 e. The van der Waals surface area contributed by atoms with Gasteiger partial charge in [0.2, 0.25) is 0 Å². The number of carbonyl (C=O) groups excluding carboxylic acids is 2. The molecule has 2 aromatic rings. The van der Waals surface area contributed by atoms with Gasteiger partial charge in [-0.15, -0.1) is 0 Å². The minimum absolute atomic E-state index is 0.0990. The maximum atomic E-state index is 12.9. The van der Waals surface area contributed by atoms with Crippen molar-refractivity contribution in [2.24, 2.45) is 0 Å². The highest BCUT2D eigenvalue weighted by Gasteiger charge is 2.15. The van der Waals surface area contributed by atoms with Gasteiger partial charge in [-0.05, 0) is 42.8 Å².